The lowest BCUT2D eigenvalue weighted by Gasteiger charge is -2.26. The first kappa shape index (κ1) is 76.1. The summed E-state index contributed by atoms with van der Waals surface area (Å²) < 4.78 is 128. The van der Waals surface area contributed by atoms with Crippen LogP contribution in [0.3, 0.4) is 0 Å². The number of alkyl halides is 9. The van der Waals surface area contributed by atoms with Gasteiger partial charge in [-0.05, 0) is 70.9 Å². The molecular formula is C50H89B3F10O14. The number of ether oxygens (including phenoxy) is 5. The highest BCUT2D eigenvalue weighted by Crippen LogP contribution is 2.41. The van der Waals surface area contributed by atoms with E-state index in [-0.39, 0.29) is 26.0 Å². The van der Waals surface area contributed by atoms with E-state index in [1.807, 2.05) is 0 Å². The van der Waals surface area contributed by atoms with Crippen LogP contribution in [0.4, 0.5) is 44.2 Å². The van der Waals surface area contributed by atoms with Gasteiger partial charge in [0.2, 0.25) is 0 Å². The monoisotopic (exact) mass is 1140 g/mol. The van der Waals surface area contributed by atoms with Crippen LogP contribution in [0.5, 0.6) is 0 Å². The van der Waals surface area contributed by atoms with E-state index in [0.717, 1.165) is 44.2 Å². The van der Waals surface area contributed by atoms with Gasteiger partial charge < -0.3 is 38.7 Å². The smallest absolute Gasteiger partial charge is 0.422 e. The van der Waals surface area contributed by atoms with Crippen LogP contribution in [0.1, 0.15) is 144 Å². The molecule has 0 bridgehead atoms. The zero-order valence-corrected chi connectivity index (χ0v) is 45.4. The second-order valence-electron chi connectivity index (χ2n) is 20.4. The topological polar surface area (TPSA) is 190 Å². The Kier molecular flexibility index (Phi) is 44.2. The minimum absolute atomic E-state index is 0. The third kappa shape index (κ3) is 42.6. The summed E-state index contributed by atoms with van der Waals surface area (Å²) in [7, 11) is 0. The van der Waals surface area contributed by atoms with Gasteiger partial charge in [0.15, 0.2) is 19.8 Å². The number of halogens is 10. The minimum atomic E-state index is -4.53. The Balaban J connectivity index is -0.000000928. The molecule has 0 aliphatic carbocycles. The molecule has 5 heterocycles. The van der Waals surface area contributed by atoms with Gasteiger partial charge in [0, 0.05) is 37.3 Å². The fourth-order valence-electron chi connectivity index (χ4n) is 9.64. The van der Waals surface area contributed by atoms with Crippen molar-refractivity contribution in [1.82, 2.24) is 0 Å². The number of hydrogen-bond acceptors (Lipinski definition) is 14. The second-order valence-corrected chi connectivity index (χ2v) is 20.4. The third-order valence-electron chi connectivity index (χ3n) is 13.8. The molecule has 2 N–H and O–H groups in total. The number of carbonyl (C=O) groups excluding carboxylic acids is 3. The van der Waals surface area contributed by atoms with Crippen molar-refractivity contribution in [2.45, 2.75) is 216 Å². The fraction of sp³-hybridized carbons (Fsp3) is 0.900. The lowest BCUT2D eigenvalue weighted by Crippen LogP contribution is -2.26. The third-order valence-corrected chi connectivity index (χ3v) is 13.8. The van der Waals surface area contributed by atoms with Crippen LogP contribution in [0.2, 0.25) is 49.6 Å². The van der Waals surface area contributed by atoms with Crippen molar-refractivity contribution >= 4 is 38.2 Å². The molecule has 0 amide bonds. The van der Waals surface area contributed by atoms with Crippen molar-refractivity contribution in [1.29, 1.82) is 0 Å². The molecule has 5 saturated heterocycles. The first-order valence-electron chi connectivity index (χ1n) is 27.2. The molecule has 6 unspecified atom stereocenters. The molecule has 0 aromatic rings. The van der Waals surface area contributed by atoms with Gasteiger partial charge in [-0.25, -0.2) is 4.79 Å². The highest BCUT2D eigenvalue weighted by atomic mass is 19.4. The van der Waals surface area contributed by atoms with Crippen molar-refractivity contribution < 1.29 is 104 Å². The average molecular weight is 1140 g/mol. The van der Waals surface area contributed by atoms with Gasteiger partial charge in [-0.3, -0.25) is 19.2 Å². The fourth-order valence-corrected chi connectivity index (χ4v) is 9.64. The summed E-state index contributed by atoms with van der Waals surface area (Å²) in [6.45, 7) is 7.70. The molecule has 5 fully saturated rings. The van der Waals surface area contributed by atoms with E-state index in [0.29, 0.717) is 51.9 Å². The van der Waals surface area contributed by atoms with Crippen LogP contribution in [0.25, 0.3) is 0 Å². The summed E-state index contributed by atoms with van der Waals surface area (Å²) in [6.07, 6.45) is 15.8. The van der Waals surface area contributed by atoms with Crippen molar-refractivity contribution in [2.75, 3.05) is 59.5 Å². The molecule has 27 heteroatoms. The number of aliphatic hydroxyl groups excluding tert-OH is 2. The largest absolute Gasteiger partial charge is 0.456 e. The average Bonchev–Trinajstić information content (AvgIpc) is 3.74. The van der Waals surface area contributed by atoms with Crippen molar-refractivity contribution in [3.8, 4) is 0 Å². The van der Waals surface area contributed by atoms with Gasteiger partial charge in [0.25, 0.3) is 0 Å². The van der Waals surface area contributed by atoms with Crippen LogP contribution in [0.15, 0.2) is 12.7 Å². The molecule has 5 aliphatic rings. The molecular weight excluding hydrogens is 1050 g/mol. The quantitative estimate of drug-likeness (QED) is 0.0198. The number of rotatable bonds is 22. The Labute approximate surface area is 451 Å². The van der Waals surface area contributed by atoms with Crippen LogP contribution in [-0.4, -0.2) is 133 Å². The predicted molar refractivity (Wildman–Crippen MR) is 279 cm³/mol. The lowest BCUT2D eigenvalue weighted by molar-refractivity contribution is -0.210. The second kappa shape index (κ2) is 44.7. The van der Waals surface area contributed by atoms with E-state index in [1.54, 1.807) is 25.5 Å². The Morgan fingerprint density at radius 2 is 1.14 bits per heavy atom. The molecule has 5 aliphatic heterocycles. The Morgan fingerprint density at radius 1 is 0.662 bits per heavy atom. The number of aliphatic hydroxyl groups is 2. The summed E-state index contributed by atoms with van der Waals surface area (Å²) in [4.78, 5) is 57.0. The SMILES string of the molecule is C1CCC2CCCB2C1.C1CCC2CCCOOB2C1.C=CC(=O)OCC(F)(F)F.CB1CCCCC1CCCOCC(C)C(=O)OCC(F)(F)F.CC(COCCCC(O)CCCCO)C(=O)OCC(F)(F)F.F.O=O.[HH]. The maximum absolute atomic E-state index is 11.9. The minimum Gasteiger partial charge on any atom is -0.456 e. The first-order chi connectivity index (χ1) is 35.9. The van der Waals surface area contributed by atoms with E-state index in [9.17, 15) is 59.0 Å². The number of fused-ring (bicyclic) bond motifs is 2. The van der Waals surface area contributed by atoms with Crippen LogP contribution < -0.4 is 0 Å². The van der Waals surface area contributed by atoms with E-state index in [1.165, 1.54) is 110 Å². The normalized spacial score (nSPS) is 20.3. The van der Waals surface area contributed by atoms with E-state index in [2.05, 4.69) is 27.6 Å². The standard InChI is InChI=1S/C15H26BF3O3.C14H25F3O5.C8H15BO2.C8H15B.C5H5F3O2.FH.O2.H2/c1-12(14(20)22-11-15(17,18)19)10-21-9-5-7-13-6-3-4-8-16(13)2;1-11(13(20)22-10-14(15,16)17)9-21-8-4-6-12(19)5-2-3-7-18;1-2-6-9-8(4-1)5-3-7-10-11-9;1-2-6-9-7-3-5-8(9)4-1;1-2-4(9)10-3-5(6,7)8;;1-2;/h12-13H,3-11H2,1-2H3;11-12,18-19H,2-10H2,1H3;8H,1-7H2;8H,1-7H2;2H,1,3H2;1H;;1H. The first-order valence-corrected chi connectivity index (χ1v) is 27.2. The van der Waals surface area contributed by atoms with Crippen LogP contribution in [-0.2, 0) is 47.8 Å². The molecule has 0 saturated carbocycles. The Bertz CT molecular complexity index is 1490. The Hall–Kier alpha value is -3.00. The number of hydrogen-bond donors (Lipinski definition) is 2. The van der Waals surface area contributed by atoms with Gasteiger partial charge in [0.05, 0.1) is 37.8 Å². The van der Waals surface area contributed by atoms with Crippen LogP contribution >= 0.6 is 0 Å². The molecule has 0 aromatic heterocycles. The summed E-state index contributed by atoms with van der Waals surface area (Å²) in [5.41, 5.74) is 0. The lowest BCUT2D eigenvalue weighted by atomic mass is 9.36. The number of esters is 3. The van der Waals surface area contributed by atoms with Gasteiger partial charge in [-0.2, -0.15) is 39.5 Å². The Morgan fingerprint density at radius 3 is 1.69 bits per heavy atom. The molecule has 0 radical (unpaired) electrons. The number of carbonyl (C=O) groups is 3. The van der Waals surface area contributed by atoms with E-state index < -0.39 is 74.2 Å². The highest BCUT2D eigenvalue weighted by molar-refractivity contribution is 6.61. The summed E-state index contributed by atoms with van der Waals surface area (Å²) in [5, 5.41) is 18.2. The number of unbranched alkanes of at least 4 members (excludes halogenated alkanes) is 1. The summed E-state index contributed by atoms with van der Waals surface area (Å²) >= 11 is 0. The summed E-state index contributed by atoms with van der Waals surface area (Å²) in [6, 6.07) is 0. The molecule has 0 spiro atoms. The van der Waals surface area contributed by atoms with Gasteiger partial charge >= 0.3 is 43.4 Å². The maximum Gasteiger partial charge on any atom is 0.422 e. The van der Waals surface area contributed by atoms with Gasteiger partial charge in [-0.15, -0.1) is 0 Å². The van der Waals surface area contributed by atoms with Crippen molar-refractivity contribution in [3.63, 3.8) is 0 Å². The molecule has 452 valence electrons. The van der Waals surface area contributed by atoms with E-state index >= 15 is 0 Å². The molecule has 5 rings (SSSR count). The highest BCUT2D eigenvalue weighted by Gasteiger charge is 2.35. The zero-order chi connectivity index (χ0) is 57.4. The van der Waals surface area contributed by atoms with E-state index in [4.69, 9.17) is 34.2 Å². The van der Waals surface area contributed by atoms with Gasteiger partial charge in [0.1, 0.15) is 13.4 Å². The van der Waals surface area contributed by atoms with Crippen LogP contribution in [0, 0.1) is 21.8 Å². The molecule has 0 aromatic carbocycles. The molecule has 77 heavy (non-hydrogen) atoms. The maximum atomic E-state index is 11.9. The van der Waals surface area contributed by atoms with Crippen molar-refractivity contribution in [3.05, 3.63) is 22.6 Å². The predicted octanol–water partition coefficient (Wildman–Crippen LogP) is 13.1. The molecule has 14 nitrogen and oxygen atoms in total. The van der Waals surface area contributed by atoms with Crippen molar-refractivity contribution in [2.24, 2.45) is 11.8 Å². The summed E-state index contributed by atoms with van der Waals surface area (Å²) in [5.74, 6) is -1.60. The zero-order valence-electron chi connectivity index (χ0n) is 45.4. The molecule has 6 atom stereocenters. The van der Waals surface area contributed by atoms with Gasteiger partial charge in [-0.1, -0.05) is 127 Å².